The minimum atomic E-state index is -3.62. The Morgan fingerprint density at radius 3 is 2.57 bits per heavy atom. The van der Waals surface area contributed by atoms with E-state index in [1.165, 1.54) is 22.5 Å². The maximum Gasteiger partial charge on any atom is 0.338 e. The lowest BCUT2D eigenvalue weighted by molar-refractivity contribution is 0.0438. The molecule has 0 aliphatic carbocycles. The van der Waals surface area contributed by atoms with Crippen LogP contribution in [0.5, 0.6) is 0 Å². The fourth-order valence-electron chi connectivity index (χ4n) is 3.36. The second-order valence-corrected chi connectivity index (χ2v) is 8.99. The van der Waals surface area contributed by atoms with Gasteiger partial charge in [-0.1, -0.05) is 42.8 Å². The Bertz CT molecular complexity index is 1120. The molecule has 0 radical (unpaired) electrons. The van der Waals surface area contributed by atoms with Crippen LogP contribution in [0.2, 0.25) is 0 Å². The lowest BCUT2D eigenvalue weighted by Crippen LogP contribution is -2.35. The van der Waals surface area contributed by atoms with Crippen LogP contribution in [-0.4, -0.2) is 36.8 Å². The second-order valence-electron chi connectivity index (χ2n) is 7.05. The van der Waals surface area contributed by atoms with Crippen LogP contribution < -0.4 is 0 Å². The maximum atomic E-state index is 12.8. The van der Waals surface area contributed by atoms with E-state index in [0.29, 0.717) is 18.8 Å². The second kappa shape index (κ2) is 8.81. The zero-order valence-corrected chi connectivity index (χ0v) is 17.2. The van der Waals surface area contributed by atoms with E-state index in [4.69, 9.17) is 9.15 Å². The van der Waals surface area contributed by atoms with Gasteiger partial charge in [0.05, 0.1) is 16.7 Å². The Morgan fingerprint density at radius 2 is 1.80 bits per heavy atom. The van der Waals surface area contributed by atoms with Gasteiger partial charge in [-0.2, -0.15) is 4.31 Å². The molecule has 2 aromatic carbocycles. The van der Waals surface area contributed by atoms with E-state index in [1.807, 2.05) is 30.3 Å². The van der Waals surface area contributed by atoms with Crippen LogP contribution in [-0.2, 0) is 21.4 Å². The fourth-order valence-corrected chi connectivity index (χ4v) is 4.92. The van der Waals surface area contributed by atoms with Gasteiger partial charge in [0.15, 0.2) is 12.4 Å². The van der Waals surface area contributed by atoms with Crippen molar-refractivity contribution in [2.24, 2.45) is 0 Å². The van der Waals surface area contributed by atoms with Crippen LogP contribution in [0.25, 0.3) is 11.3 Å². The molecule has 7 nitrogen and oxygen atoms in total. The van der Waals surface area contributed by atoms with Gasteiger partial charge < -0.3 is 9.15 Å². The molecule has 4 rings (SSSR count). The molecular formula is C22H22N2O5S. The average Bonchev–Trinajstić information content (AvgIpc) is 3.28. The fraction of sp³-hybridized carbons (Fsp3) is 0.273. The van der Waals surface area contributed by atoms with Crippen LogP contribution in [0.1, 0.15) is 35.5 Å². The van der Waals surface area contributed by atoms with Crippen LogP contribution in [0.15, 0.2) is 70.1 Å². The lowest BCUT2D eigenvalue weighted by atomic mass is 10.2. The number of ether oxygens (including phenoxy) is 1. The standard InChI is InChI=1S/C22H22N2O5S/c25-22(28-16-21-23-15-20(29-21)17-8-3-1-4-9-17)18-10-7-11-19(14-18)30(26,27)24-12-5-2-6-13-24/h1,3-4,7-11,14-15H,2,5-6,12-13,16H2. The molecule has 2 heterocycles. The molecule has 1 saturated heterocycles. The maximum absolute atomic E-state index is 12.8. The van der Waals surface area contributed by atoms with Crippen LogP contribution >= 0.6 is 0 Å². The highest BCUT2D eigenvalue weighted by molar-refractivity contribution is 7.89. The SMILES string of the molecule is O=C(OCc1ncc(-c2ccccc2)o1)c1cccc(S(=O)(=O)N2CCCCC2)c1. The zero-order valence-electron chi connectivity index (χ0n) is 16.4. The Labute approximate surface area is 175 Å². The molecule has 1 aromatic heterocycles. The first-order valence-corrected chi connectivity index (χ1v) is 11.3. The van der Waals surface area contributed by atoms with E-state index in [-0.39, 0.29) is 23.0 Å². The van der Waals surface area contributed by atoms with Crippen LogP contribution in [0.3, 0.4) is 0 Å². The van der Waals surface area contributed by atoms with Crippen LogP contribution in [0, 0.1) is 0 Å². The number of piperidine rings is 1. The third-order valence-corrected chi connectivity index (χ3v) is 6.86. The minimum absolute atomic E-state index is 0.0985. The molecule has 0 spiro atoms. The van der Waals surface area contributed by atoms with Gasteiger partial charge in [-0.15, -0.1) is 0 Å². The summed E-state index contributed by atoms with van der Waals surface area (Å²) in [6, 6.07) is 15.4. The van der Waals surface area contributed by atoms with Gasteiger partial charge in [-0.05, 0) is 31.0 Å². The molecule has 0 N–H and O–H groups in total. The lowest BCUT2D eigenvalue weighted by Gasteiger charge is -2.25. The van der Waals surface area contributed by atoms with Crippen molar-refractivity contribution in [2.45, 2.75) is 30.8 Å². The van der Waals surface area contributed by atoms with Crippen molar-refractivity contribution >= 4 is 16.0 Å². The average molecular weight is 426 g/mol. The Kier molecular flexibility index (Phi) is 5.96. The number of oxazole rings is 1. The number of hydrogen-bond donors (Lipinski definition) is 0. The molecule has 156 valence electrons. The molecule has 0 saturated carbocycles. The molecule has 1 aliphatic rings. The summed E-state index contributed by atoms with van der Waals surface area (Å²) >= 11 is 0. The number of carbonyl (C=O) groups is 1. The number of carbonyl (C=O) groups excluding carboxylic acids is 1. The highest BCUT2D eigenvalue weighted by Crippen LogP contribution is 2.23. The first-order chi connectivity index (χ1) is 14.5. The molecule has 0 atom stereocenters. The summed E-state index contributed by atoms with van der Waals surface area (Å²) in [5.74, 6) is 0.209. The Morgan fingerprint density at radius 1 is 1.03 bits per heavy atom. The van der Waals surface area contributed by atoms with E-state index >= 15 is 0 Å². The van der Waals surface area contributed by atoms with Crippen molar-refractivity contribution in [3.8, 4) is 11.3 Å². The van der Waals surface area contributed by atoms with Crippen molar-refractivity contribution in [3.05, 3.63) is 72.2 Å². The van der Waals surface area contributed by atoms with Gasteiger partial charge in [0.2, 0.25) is 15.9 Å². The summed E-state index contributed by atoms with van der Waals surface area (Å²) < 4.78 is 38.0. The molecule has 30 heavy (non-hydrogen) atoms. The number of rotatable bonds is 6. The predicted molar refractivity (Wildman–Crippen MR) is 110 cm³/mol. The third-order valence-electron chi connectivity index (χ3n) is 4.96. The molecule has 1 aliphatic heterocycles. The van der Waals surface area contributed by atoms with Gasteiger partial charge in [0.25, 0.3) is 0 Å². The summed E-state index contributed by atoms with van der Waals surface area (Å²) in [6.45, 7) is 0.866. The summed E-state index contributed by atoms with van der Waals surface area (Å²) in [5, 5.41) is 0. The van der Waals surface area contributed by atoms with Gasteiger partial charge in [-0.3, -0.25) is 0 Å². The van der Waals surface area contributed by atoms with Gasteiger partial charge >= 0.3 is 5.97 Å². The van der Waals surface area contributed by atoms with Gasteiger partial charge in [0.1, 0.15) is 0 Å². The van der Waals surface area contributed by atoms with E-state index in [1.54, 1.807) is 12.3 Å². The summed E-state index contributed by atoms with van der Waals surface area (Å²) in [7, 11) is -3.62. The Hall–Kier alpha value is -2.97. The highest BCUT2D eigenvalue weighted by atomic mass is 32.2. The highest BCUT2D eigenvalue weighted by Gasteiger charge is 2.26. The zero-order chi connectivity index (χ0) is 21.0. The quantitative estimate of drug-likeness (QED) is 0.556. The topological polar surface area (TPSA) is 89.7 Å². The number of esters is 1. The largest absolute Gasteiger partial charge is 0.452 e. The normalized spacial score (nSPS) is 15.1. The van der Waals surface area contributed by atoms with Crippen molar-refractivity contribution in [1.82, 2.24) is 9.29 Å². The van der Waals surface area contributed by atoms with Gasteiger partial charge in [0, 0.05) is 18.7 Å². The number of aromatic nitrogens is 1. The van der Waals surface area contributed by atoms with Crippen molar-refractivity contribution in [1.29, 1.82) is 0 Å². The number of sulfonamides is 1. The van der Waals surface area contributed by atoms with E-state index in [9.17, 15) is 13.2 Å². The van der Waals surface area contributed by atoms with E-state index < -0.39 is 16.0 Å². The molecule has 1 fully saturated rings. The molecule has 0 bridgehead atoms. The summed E-state index contributed by atoms with van der Waals surface area (Å²) in [4.78, 5) is 16.7. The number of nitrogens with zero attached hydrogens (tertiary/aromatic N) is 2. The first kappa shape index (κ1) is 20.3. The first-order valence-electron chi connectivity index (χ1n) is 9.81. The molecule has 0 unspecified atom stereocenters. The minimum Gasteiger partial charge on any atom is -0.452 e. The Balaban J connectivity index is 1.43. The molecule has 0 amide bonds. The van der Waals surface area contributed by atoms with Crippen LogP contribution in [0.4, 0.5) is 0 Å². The number of hydrogen-bond acceptors (Lipinski definition) is 6. The van der Waals surface area contributed by atoms with Crippen molar-refractivity contribution < 1.29 is 22.4 Å². The molecule has 3 aromatic rings. The van der Waals surface area contributed by atoms with E-state index in [0.717, 1.165) is 24.8 Å². The summed E-state index contributed by atoms with van der Waals surface area (Å²) in [6.07, 6.45) is 4.31. The van der Waals surface area contributed by atoms with Crippen molar-refractivity contribution in [2.75, 3.05) is 13.1 Å². The summed E-state index contributed by atoms with van der Waals surface area (Å²) in [5.41, 5.74) is 1.04. The van der Waals surface area contributed by atoms with Crippen molar-refractivity contribution in [3.63, 3.8) is 0 Å². The molecular weight excluding hydrogens is 404 g/mol. The molecule has 8 heteroatoms. The van der Waals surface area contributed by atoms with Gasteiger partial charge in [-0.25, -0.2) is 18.2 Å². The number of benzene rings is 2. The van der Waals surface area contributed by atoms with E-state index in [2.05, 4.69) is 4.98 Å². The predicted octanol–water partition coefficient (Wildman–Crippen LogP) is 3.87. The monoisotopic (exact) mass is 426 g/mol. The smallest absolute Gasteiger partial charge is 0.338 e. The third kappa shape index (κ3) is 4.44.